The molecule has 0 bridgehead atoms. The van der Waals surface area contributed by atoms with Gasteiger partial charge in [0, 0.05) is 27.8 Å². The topological polar surface area (TPSA) is 8.17 Å². The number of nitrogens with zero attached hydrogens (tertiary/aromatic N) is 2. The number of aryl methyl sites for hydroxylation is 2. The molecule has 11 rings (SSSR count). The summed E-state index contributed by atoms with van der Waals surface area (Å²) < 4.78 is 2.40. The molecule has 0 atom stereocenters. The van der Waals surface area contributed by atoms with Crippen LogP contribution in [0, 0.1) is 13.8 Å². The fraction of sp³-hybridized carbons (Fsp3) is 0.0385. The summed E-state index contributed by atoms with van der Waals surface area (Å²) in [6, 6.07) is 67.1. The number of rotatable bonds is 5. The maximum atomic E-state index is 2.44. The van der Waals surface area contributed by atoms with Gasteiger partial charge >= 0.3 is 0 Å². The van der Waals surface area contributed by atoms with Crippen LogP contribution < -0.4 is 4.90 Å². The Hall–Kier alpha value is -6.90. The molecule has 0 spiro atoms. The molecular weight excluding hydrogens is 653 g/mol. The summed E-state index contributed by atoms with van der Waals surface area (Å²) in [6.07, 6.45) is 0. The molecule has 0 saturated heterocycles. The summed E-state index contributed by atoms with van der Waals surface area (Å²) in [5.74, 6) is 0. The minimum absolute atomic E-state index is 1.15. The molecule has 1 aliphatic carbocycles. The van der Waals surface area contributed by atoms with E-state index in [0.29, 0.717) is 0 Å². The average molecular weight is 689 g/mol. The van der Waals surface area contributed by atoms with Crippen molar-refractivity contribution in [3.63, 3.8) is 0 Å². The van der Waals surface area contributed by atoms with Crippen LogP contribution in [-0.4, -0.2) is 4.57 Å². The van der Waals surface area contributed by atoms with E-state index < -0.39 is 0 Å². The summed E-state index contributed by atoms with van der Waals surface area (Å²) in [5.41, 5.74) is 17.4. The molecule has 254 valence electrons. The van der Waals surface area contributed by atoms with Gasteiger partial charge < -0.3 is 9.47 Å². The van der Waals surface area contributed by atoms with E-state index in [-0.39, 0.29) is 0 Å². The second-order valence-electron chi connectivity index (χ2n) is 14.7. The molecule has 0 amide bonds. The molecule has 1 heterocycles. The Morgan fingerprint density at radius 2 is 0.889 bits per heavy atom. The number of anilines is 3. The van der Waals surface area contributed by atoms with Gasteiger partial charge in [-0.2, -0.15) is 0 Å². The Labute approximate surface area is 314 Å². The monoisotopic (exact) mass is 688 g/mol. The van der Waals surface area contributed by atoms with Gasteiger partial charge in [0.05, 0.1) is 16.7 Å². The third kappa shape index (κ3) is 4.67. The molecule has 0 aliphatic heterocycles. The first-order valence-electron chi connectivity index (χ1n) is 18.8. The van der Waals surface area contributed by atoms with E-state index in [1.165, 1.54) is 99.2 Å². The van der Waals surface area contributed by atoms with Crippen molar-refractivity contribution in [2.75, 3.05) is 4.90 Å². The van der Waals surface area contributed by atoms with Gasteiger partial charge in [0.25, 0.3) is 0 Å². The second kappa shape index (κ2) is 11.8. The lowest BCUT2D eigenvalue weighted by atomic mass is 9.78. The zero-order valence-electron chi connectivity index (χ0n) is 30.2. The van der Waals surface area contributed by atoms with Gasteiger partial charge in [-0.3, -0.25) is 0 Å². The predicted octanol–water partition coefficient (Wildman–Crippen LogP) is 14.5. The average Bonchev–Trinajstić information content (AvgIpc) is 3.55. The third-order valence-corrected chi connectivity index (χ3v) is 11.5. The van der Waals surface area contributed by atoms with Crippen LogP contribution in [0.4, 0.5) is 17.1 Å². The van der Waals surface area contributed by atoms with Crippen molar-refractivity contribution in [1.82, 2.24) is 4.57 Å². The normalized spacial score (nSPS) is 11.9. The van der Waals surface area contributed by atoms with Crippen LogP contribution in [0.3, 0.4) is 0 Å². The van der Waals surface area contributed by atoms with Crippen molar-refractivity contribution in [2.24, 2.45) is 0 Å². The summed E-state index contributed by atoms with van der Waals surface area (Å²) in [7, 11) is 0. The lowest BCUT2D eigenvalue weighted by Crippen LogP contribution is -2.13. The standard InChI is InChI=1S/C52H36N2/c1-33-12-10-13-34(2)52(33)53(41-17-11-16-36(26-41)35-14-4-3-5-15-35)42-24-22-37-29-46-48(31-39(37)27-42)47-30-38-23-25-43(28-40(38)32-49(46)47)54-50-20-8-6-18-44(50)45-19-7-9-21-51(45)54/h3-32H,1-2H3. The first kappa shape index (κ1) is 30.7. The SMILES string of the molecule is Cc1cccc(C)c1N(c1cccc(-c2ccccc2)c1)c1ccc2cc3c(cc2c1)-c1cc2ccc(-n4c5ccccc5c5ccccc54)cc2cc1-3. The Morgan fingerprint density at radius 3 is 1.56 bits per heavy atom. The van der Waals surface area contributed by atoms with Gasteiger partial charge in [-0.15, -0.1) is 0 Å². The smallest absolute Gasteiger partial charge is 0.0541 e. The number of benzene rings is 9. The van der Waals surface area contributed by atoms with E-state index in [1.54, 1.807) is 0 Å². The van der Waals surface area contributed by atoms with Gasteiger partial charge in [0.1, 0.15) is 0 Å². The van der Waals surface area contributed by atoms with Crippen molar-refractivity contribution < 1.29 is 0 Å². The zero-order valence-corrected chi connectivity index (χ0v) is 30.2. The largest absolute Gasteiger partial charge is 0.310 e. The van der Waals surface area contributed by atoms with Crippen LogP contribution in [0.2, 0.25) is 0 Å². The maximum absolute atomic E-state index is 2.44. The van der Waals surface area contributed by atoms with Crippen LogP contribution in [0.15, 0.2) is 182 Å². The highest BCUT2D eigenvalue weighted by atomic mass is 15.1. The first-order chi connectivity index (χ1) is 26.6. The number of para-hydroxylation sites is 3. The highest BCUT2D eigenvalue weighted by Crippen LogP contribution is 2.51. The molecule has 0 unspecified atom stereocenters. The quantitative estimate of drug-likeness (QED) is 0.175. The summed E-state index contributed by atoms with van der Waals surface area (Å²) in [6.45, 7) is 4.43. The maximum Gasteiger partial charge on any atom is 0.0541 e. The predicted molar refractivity (Wildman–Crippen MR) is 230 cm³/mol. The van der Waals surface area contributed by atoms with Crippen molar-refractivity contribution >= 4 is 60.4 Å². The van der Waals surface area contributed by atoms with Crippen LogP contribution in [0.1, 0.15) is 11.1 Å². The fourth-order valence-electron chi connectivity index (χ4n) is 8.90. The minimum atomic E-state index is 1.15. The van der Waals surface area contributed by atoms with E-state index in [0.717, 1.165) is 11.4 Å². The van der Waals surface area contributed by atoms with Crippen molar-refractivity contribution in [2.45, 2.75) is 13.8 Å². The summed E-state index contributed by atoms with van der Waals surface area (Å²) >= 11 is 0. The lowest BCUT2D eigenvalue weighted by Gasteiger charge is -2.30. The molecule has 0 fully saturated rings. The molecule has 0 saturated carbocycles. The van der Waals surface area contributed by atoms with Crippen LogP contribution in [0.5, 0.6) is 0 Å². The van der Waals surface area contributed by atoms with Gasteiger partial charge in [-0.25, -0.2) is 0 Å². The number of fused-ring (bicyclic) bond motifs is 9. The van der Waals surface area contributed by atoms with Crippen molar-refractivity contribution in [3.05, 3.63) is 193 Å². The highest BCUT2D eigenvalue weighted by Gasteiger charge is 2.25. The molecule has 1 aliphatic rings. The first-order valence-corrected chi connectivity index (χ1v) is 18.8. The Balaban J connectivity index is 1.01. The van der Waals surface area contributed by atoms with Crippen LogP contribution in [0.25, 0.3) is 82.4 Å². The fourth-order valence-corrected chi connectivity index (χ4v) is 8.90. The molecule has 1 aromatic heterocycles. The van der Waals surface area contributed by atoms with E-state index in [1.807, 2.05) is 0 Å². The Kier molecular flexibility index (Phi) is 6.72. The number of hydrogen-bond donors (Lipinski definition) is 0. The van der Waals surface area contributed by atoms with Crippen LogP contribution >= 0.6 is 0 Å². The van der Waals surface area contributed by atoms with E-state index in [2.05, 4.69) is 205 Å². The molecule has 0 radical (unpaired) electrons. The Morgan fingerprint density at radius 1 is 0.370 bits per heavy atom. The van der Waals surface area contributed by atoms with Gasteiger partial charge in [-0.1, -0.05) is 109 Å². The van der Waals surface area contributed by atoms with Gasteiger partial charge in [0.15, 0.2) is 0 Å². The summed E-state index contributed by atoms with van der Waals surface area (Å²) in [5, 5.41) is 7.59. The molecule has 0 N–H and O–H groups in total. The second-order valence-corrected chi connectivity index (χ2v) is 14.7. The van der Waals surface area contributed by atoms with E-state index >= 15 is 0 Å². The molecule has 2 nitrogen and oxygen atoms in total. The van der Waals surface area contributed by atoms with E-state index in [4.69, 9.17) is 0 Å². The van der Waals surface area contributed by atoms with Crippen molar-refractivity contribution in [3.8, 4) is 39.1 Å². The summed E-state index contributed by atoms with van der Waals surface area (Å²) in [4.78, 5) is 2.44. The van der Waals surface area contributed by atoms with Gasteiger partial charge in [-0.05, 0) is 153 Å². The minimum Gasteiger partial charge on any atom is -0.310 e. The molecule has 2 heteroatoms. The third-order valence-electron chi connectivity index (χ3n) is 11.5. The highest BCUT2D eigenvalue weighted by molar-refractivity contribution is 6.13. The lowest BCUT2D eigenvalue weighted by molar-refractivity contribution is 1.19. The van der Waals surface area contributed by atoms with Crippen molar-refractivity contribution in [1.29, 1.82) is 0 Å². The van der Waals surface area contributed by atoms with E-state index in [9.17, 15) is 0 Å². The molecular formula is C52H36N2. The number of aromatic nitrogens is 1. The van der Waals surface area contributed by atoms with Gasteiger partial charge in [0.2, 0.25) is 0 Å². The zero-order chi connectivity index (χ0) is 35.9. The number of hydrogen-bond acceptors (Lipinski definition) is 1. The molecule has 9 aromatic carbocycles. The van der Waals surface area contributed by atoms with Crippen LogP contribution in [-0.2, 0) is 0 Å². The molecule has 54 heavy (non-hydrogen) atoms. The Bertz CT molecular complexity index is 3060. The molecule has 10 aromatic rings.